The Kier molecular flexibility index (Phi) is 2.99. The van der Waals surface area contributed by atoms with Gasteiger partial charge >= 0.3 is 15.6 Å². The summed E-state index contributed by atoms with van der Waals surface area (Å²) in [5, 5.41) is 0. The van der Waals surface area contributed by atoms with E-state index in [9.17, 15) is 30.4 Å². The topological polar surface area (TPSA) is 83.5 Å². The molecule has 68 valence electrons. The Hall–Kier alpha value is -0.190. The summed E-state index contributed by atoms with van der Waals surface area (Å²) in [6.45, 7) is 0. The van der Waals surface area contributed by atoms with E-state index < -0.39 is 27.0 Å². The summed E-state index contributed by atoms with van der Waals surface area (Å²) in [5.74, 6) is 0. The number of hydrogen-bond acceptors (Lipinski definition) is 5. The van der Waals surface area contributed by atoms with Crippen LogP contribution >= 0.6 is 0 Å². The molecule has 0 saturated carbocycles. The molecule has 0 fully saturated rings. The Labute approximate surface area is 61.8 Å². The van der Waals surface area contributed by atoms with Gasteiger partial charge in [-0.25, -0.2) is 4.21 Å². The molecule has 0 radical (unpaired) electrons. The first kappa shape index (κ1) is 10.8. The molecule has 1 atom stereocenters. The van der Waals surface area contributed by atoms with Gasteiger partial charge in [0.15, 0.2) is 0 Å². The van der Waals surface area contributed by atoms with Crippen LogP contribution in [0.5, 0.6) is 0 Å². The van der Waals surface area contributed by atoms with Crippen LogP contribution in [0, 0.1) is 0 Å². The summed E-state index contributed by atoms with van der Waals surface area (Å²) in [6, 6.07) is 0. The molecule has 1 unspecified atom stereocenters. The summed E-state index contributed by atoms with van der Waals surface area (Å²) in [5.41, 5.74) is -5.72. The van der Waals surface area contributed by atoms with Crippen LogP contribution < -0.4 is 0 Å². The quantitative estimate of drug-likeness (QED) is 0.462. The molecule has 0 rings (SSSR count). The van der Waals surface area contributed by atoms with Gasteiger partial charge in [-0.3, -0.25) is 0 Å². The lowest BCUT2D eigenvalue weighted by Gasteiger charge is -2.08. The van der Waals surface area contributed by atoms with Gasteiger partial charge in [-0.2, -0.15) is 25.2 Å². The molecule has 10 heteroatoms. The third kappa shape index (κ3) is 3.14. The van der Waals surface area contributed by atoms with Crippen molar-refractivity contribution in [2.45, 2.75) is 5.51 Å². The van der Waals surface area contributed by atoms with Gasteiger partial charge in [-0.1, -0.05) is 0 Å². The second kappa shape index (κ2) is 3.05. The lowest BCUT2D eigenvalue weighted by atomic mass is 11.6. The van der Waals surface area contributed by atoms with Crippen molar-refractivity contribution in [3.05, 3.63) is 0 Å². The zero-order valence-corrected chi connectivity index (χ0v) is 6.12. The van der Waals surface area contributed by atoms with Crippen LogP contribution in [-0.2, 0) is 25.1 Å². The monoisotopic (exact) mass is 213 g/mol. The molecule has 0 amide bonds. The van der Waals surface area contributed by atoms with E-state index in [4.69, 9.17) is 0 Å². The van der Waals surface area contributed by atoms with Gasteiger partial charge in [0.05, 0.1) is 0 Å². The number of rotatable bonds is 2. The van der Waals surface area contributed by atoms with Gasteiger partial charge in [0.2, 0.25) is 0 Å². The van der Waals surface area contributed by atoms with Gasteiger partial charge in [0.1, 0.15) is 11.4 Å². The molecule has 0 aromatic carbocycles. The standard InChI is InChI=1S/CHF3O5S2/c2-1(3,4)11(7,8)9-10(5)6/h(H,5,6)/p-1. The minimum Gasteiger partial charge on any atom is -0.749 e. The fourth-order valence-corrected chi connectivity index (χ4v) is 1.01. The molecular formula is CF3O5S2-. The minimum absolute atomic E-state index is 2.57. The van der Waals surface area contributed by atoms with Gasteiger partial charge < -0.3 is 4.55 Å². The fourth-order valence-electron chi connectivity index (χ4n) is 0.112. The van der Waals surface area contributed by atoms with E-state index in [1.54, 1.807) is 0 Å². The highest BCUT2D eigenvalue weighted by molar-refractivity contribution is 7.95. The summed E-state index contributed by atoms with van der Waals surface area (Å²) >= 11 is -3.74. The highest BCUT2D eigenvalue weighted by atomic mass is 32.3. The minimum atomic E-state index is -6.01. The molecule has 0 aliphatic carbocycles. The van der Waals surface area contributed by atoms with E-state index in [2.05, 4.69) is 3.63 Å². The van der Waals surface area contributed by atoms with Crippen LogP contribution in [0.25, 0.3) is 0 Å². The van der Waals surface area contributed by atoms with Crippen molar-refractivity contribution < 1.29 is 34.0 Å². The molecule has 0 N–H and O–H groups in total. The van der Waals surface area contributed by atoms with Crippen LogP contribution in [0.15, 0.2) is 0 Å². The third-order valence-corrected chi connectivity index (χ3v) is 2.16. The first-order valence-corrected chi connectivity index (χ1v) is 4.18. The predicted octanol–water partition coefficient (Wildman–Crippen LogP) is -0.353. The average Bonchev–Trinajstić information content (AvgIpc) is 1.56. The Morgan fingerprint density at radius 3 is 1.82 bits per heavy atom. The molecule has 0 aliphatic rings. The van der Waals surface area contributed by atoms with Gasteiger partial charge in [-0.15, -0.1) is 0 Å². The van der Waals surface area contributed by atoms with Crippen LogP contribution in [0.3, 0.4) is 0 Å². The molecule has 5 nitrogen and oxygen atoms in total. The summed E-state index contributed by atoms with van der Waals surface area (Å²) in [7, 11) is -6.01. The summed E-state index contributed by atoms with van der Waals surface area (Å²) in [4.78, 5) is 0. The van der Waals surface area contributed by atoms with E-state index in [0.29, 0.717) is 0 Å². The van der Waals surface area contributed by atoms with Crippen molar-refractivity contribution in [3.8, 4) is 0 Å². The lowest BCUT2D eigenvalue weighted by molar-refractivity contribution is -0.0499. The normalized spacial score (nSPS) is 16.4. The first-order chi connectivity index (χ1) is 4.67. The smallest absolute Gasteiger partial charge is 0.524 e. The summed E-state index contributed by atoms with van der Waals surface area (Å²) in [6.07, 6.45) is 0. The Bertz CT molecular complexity index is 249. The molecule has 0 heterocycles. The van der Waals surface area contributed by atoms with Crippen molar-refractivity contribution in [1.29, 1.82) is 0 Å². The van der Waals surface area contributed by atoms with E-state index in [-0.39, 0.29) is 0 Å². The SMILES string of the molecule is O=S([O-])OS(=O)(=O)C(F)(F)F. The van der Waals surface area contributed by atoms with Crippen molar-refractivity contribution in [2.75, 3.05) is 0 Å². The van der Waals surface area contributed by atoms with Gasteiger partial charge in [0.25, 0.3) is 0 Å². The predicted molar refractivity (Wildman–Crippen MR) is 25.0 cm³/mol. The molecule has 0 aliphatic heterocycles. The zero-order chi connectivity index (χ0) is 9.28. The van der Waals surface area contributed by atoms with E-state index in [0.717, 1.165) is 0 Å². The van der Waals surface area contributed by atoms with Gasteiger partial charge in [0, 0.05) is 0 Å². The third-order valence-electron chi connectivity index (χ3n) is 0.429. The van der Waals surface area contributed by atoms with E-state index >= 15 is 0 Å². The van der Waals surface area contributed by atoms with Crippen molar-refractivity contribution in [3.63, 3.8) is 0 Å². The lowest BCUT2D eigenvalue weighted by Crippen LogP contribution is -2.26. The largest absolute Gasteiger partial charge is 0.749 e. The van der Waals surface area contributed by atoms with Crippen LogP contribution in [0.4, 0.5) is 13.2 Å². The molecular weight excluding hydrogens is 213 g/mol. The highest BCUT2D eigenvalue weighted by Crippen LogP contribution is 2.24. The maximum absolute atomic E-state index is 11.2. The average molecular weight is 213 g/mol. The Balaban J connectivity index is 4.64. The number of hydrogen-bond donors (Lipinski definition) is 0. The summed E-state index contributed by atoms with van der Waals surface area (Å²) < 4.78 is 74.4. The van der Waals surface area contributed by atoms with Crippen LogP contribution in [0.2, 0.25) is 0 Å². The molecule has 0 aromatic heterocycles. The zero-order valence-electron chi connectivity index (χ0n) is 4.49. The maximum Gasteiger partial charge on any atom is 0.524 e. The van der Waals surface area contributed by atoms with E-state index in [1.807, 2.05) is 0 Å². The number of alkyl halides is 3. The molecule has 0 bridgehead atoms. The van der Waals surface area contributed by atoms with E-state index in [1.165, 1.54) is 0 Å². The number of halogens is 3. The Morgan fingerprint density at radius 1 is 1.36 bits per heavy atom. The first-order valence-electron chi connectivity index (χ1n) is 1.77. The highest BCUT2D eigenvalue weighted by Gasteiger charge is 2.48. The molecule has 0 aromatic rings. The molecule has 0 spiro atoms. The second-order valence-electron chi connectivity index (χ2n) is 1.17. The second-order valence-corrected chi connectivity index (χ2v) is 3.50. The van der Waals surface area contributed by atoms with Crippen molar-refractivity contribution in [2.24, 2.45) is 0 Å². The molecule has 11 heavy (non-hydrogen) atoms. The Morgan fingerprint density at radius 2 is 1.73 bits per heavy atom. The van der Waals surface area contributed by atoms with Crippen molar-refractivity contribution >= 4 is 21.5 Å². The van der Waals surface area contributed by atoms with Gasteiger partial charge in [-0.05, 0) is 0 Å². The van der Waals surface area contributed by atoms with Crippen LogP contribution in [-0.4, -0.2) is 22.7 Å². The molecule has 0 saturated heterocycles. The van der Waals surface area contributed by atoms with Crippen LogP contribution in [0.1, 0.15) is 0 Å². The van der Waals surface area contributed by atoms with Crippen molar-refractivity contribution in [1.82, 2.24) is 0 Å². The maximum atomic E-state index is 11.2. The fraction of sp³-hybridized carbons (Fsp3) is 1.00.